The zero-order chi connectivity index (χ0) is 11.2. The van der Waals surface area contributed by atoms with Crippen molar-refractivity contribution in [3.8, 4) is 9.88 Å². The summed E-state index contributed by atoms with van der Waals surface area (Å²) in [6, 6.07) is 4.06. The second-order valence-electron chi connectivity index (χ2n) is 3.63. The molecule has 4 nitrogen and oxygen atoms in total. The van der Waals surface area contributed by atoms with E-state index in [1.807, 2.05) is 18.5 Å². The maximum atomic E-state index is 4.61. The maximum absolute atomic E-state index is 4.61. The third-order valence-electron chi connectivity index (χ3n) is 2.53. The van der Waals surface area contributed by atoms with Crippen molar-refractivity contribution >= 4 is 43.1 Å². The number of aromatic nitrogens is 4. The minimum Gasteiger partial charge on any atom is -0.268 e. The zero-order valence-corrected chi connectivity index (χ0v) is 10.2. The van der Waals surface area contributed by atoms with E-state index < -0.39 is 0 Å². The van der Waals surface area contributed by atoms with Crippen LogP contribution in [0.2, 0.25) is 0 Å². The standard InChI is InChI=1S/C11H6N4S2/c1-2-12-5-9-7(1)14-11(17-9)8-3-6-4-13-15-10(6)16-8/h1-5H,(H,13,15). The fraction of sp³-hybridized carbons (Fsp3) is 0. The normalized spacial score (nSPS) is 11.5. The van der Waals surface area contributed by atoms with Gasteiger partial charge in [-0.05, 0) is 12.1 Å². The third-order valence-corrected chi connectivity index (χ3v) is 4.76. The van der Waals surface area contributed by atoms with Gasteiger partial charge in [-0.2, -0.15) is 5.10 Å². The van der Waals surface area contributed by atoms with Crippen LogP contribution in [0.3, 0.4) is 0 Å². The van der Waals surface area contributed by atoms with Gasteiger partial charge in [-0.15, -0.1) is 22.7 Å². The van der Waals surface area contributed by atoms with Gasteiger partial charge in [-0.1, -0.05) is 0 Å². The molecule has 4 heterocycles. The Kier molecular flexibility index (Phi) is 1.82. The van der Waals surface area contributed by atoms with Crippen LogP contribution in [0.4, 0.5) is 0 Å². The van der Waals surface area contributed by atoms with Crippen molar-refractivity contribution in [2.24, 2.45) is 0 Å². The lowest BCUT2D eigenvalue weighted by molar-refractivity contribution is 1.13. The molecule has 0 aliphatic rings. The van der Waals surface area contributed by atoms with Crippen LogP contribution in [-0.2, 0) is 0 Å². The predicted octanol–water partition coefficient (Wildman–Crippen LogP) is 3.30. The van der Waals surface area contributed by atoms with Crippen molar-refractivity contribution in [2.75, 3.05) is 0 Å². The quantitative estimate of drug-likeness (QED) is 0.570. The van der Waals surface area contributed by atoms with Gasteiger partial charge < -0.3 is 0 Å². The molecule has 17 heavy (non-hydrogen) atoms. The average molecular weight is 258 g/mol. The lowest BCUT2D eigenvalue weighted by Gasteiger charge is -1.85. The Bertz CT molecular complexity index is 749. The first-order valence-corrected chi connectivity index (χ1v) is 6.67. The highest BCUT2D eigenvalue weighted by molar-refractivity contribution is 7.27. The molecule has 0 unspecified atom stereocenters. The maximum Gasteiger partial charge on any atom is 0.134 e. The van der Waals surface area contributed by atoms with Crippen LogP contribution in [-0.4, -0.2) is 20.2 Å². The summed E-state index contributed by atoms with van der Waals surface area (Å²) in [5.41, 5.74) is 1.01. The molecule has 4 rings (SSSR count). The Hall–Kier alpha value is -1.79. The van der Waals surface area contributed by atoms with Crippen LogP contribution in [0.25, 0.3) is 30.3 Å². The number of fused-ring (bicyclic) bond motifs is 2. The van der Waals surface area contributed by atoms with Crippen LogP contribution < -0.4 is 0 Å². The molecule has 6 heteroatoms. The summed E-state index contributed by atoms with van der Waals surface area (Å²) in [4.78, 5) is 11.0. The lowest BCUT2D eigenvalue weighted by atomic mass is 10.4. The van der Waals surface area contributed by atoms with E-state index in [1.165, 1.54) is 4.88 Å². The van der Waals surface area contributed by atoms with Crippen LogP contribution >= 0.6 is 22.7 Å². The number of rotatable bonds is 1. The van der Waals surface area contributed by atoms with Gasteiger partial charge in [0.25, 0.3) is 0 Å². The number of hydrogen-bond acceptors (Lipinski definition) is 5. The van der Waals surface area contributed by atoms with E-state index in [9.17, 15) is 0 Å². The number of H-pyrrole nitrogens is 1. The fourth-order valence-corrected chi connectivity index (χ4v) is 3.70. The highest BCUT2D eigenvalue weighted by Gasteiger charge is 2.10. The Morgan fingerprint density at radius 2 is 2.18 bits per heavy atom. The molecule has 1 N–H and O–H groups in total. The molecule has 0 amide bonds. The van der Waals surface area contributed by atoms with E-state index in [0.717, 1.165) is 25.4 Å². The van der Waals surface area contributed by atoms with E-state index in [4.69, 9.17) is 0 Å². The molecule has 4 aromatic heterocycles. The molecule has 0 bridgehead atoms. The first kappa shape index (κ1) is 9.26. The van der Waals surface area contributed by atoms with E-state index in [-0.39, 0.29) is 0 Å². The Balaban J connectivity index is 1.95. The number of nitrogens with zero attached hydrogens (tertiary/aromatic N) is 3. The van der Waals surface area contributed by atoms with E-state index in [1.54, 1.807) is 28.9 Å². The molecule has 0 spiro atoms. The highest BCUT2D eigenvalue weighted by atomic mass is 32.1. The minimum atomic E-state index is 1.01. The van der Waals surface area contributed by atoms with Gasteiger partial charge in [0.05, 0.1) is 21.3 Å². The van der Waals surface area contributed by atoms with Gasteiger partial charge in [-0.25, -0.2) is 4.98 Å². The van der Waals surface area contributed by atoms with Crippen LogP contribution in [0.1, 0.15) is 0 Å². The van der Waals surface area contributed by atoms with Crippen LogP contribution in [0, 0.1) is 0 Å². The molecule has 4 aromatic rings. The lowest BCUT2D eigenvalue weighted by Crippen LogP contribution is -1.70. The smallest absolute Gasteiger partial charge is 0.134 e. The molecule has 82 valence electrons. The second kappa shape index (κ2) is 3.35. The highest BCUT2D eigenvalue weighted by Crippen LogP contribution is 2.36. The van der Waals surface area contributed by atoms with Gasteiger partial charge in [0.15, 0.2) is 0 Å². The first-order valence-electron chi connectivity index (χ1n) is 5.04. The predicted molar refractivity (Wildman–Crippen MR) is 70.4 cm³/mol. The summed E-state index contributed by atoms with van der Waals surface area (Å²) in [5, 5.41) is 9.16. The Labute approximate surface area is 104 Å². The van der Waals surface area contributed by atoms with Crippen molar-refractivity contribution in [3.63, 3.8) is 0 Å². The molecule has 0 aliphatic heterocycles. The van der Waals surface area contributed by atoms with E-state index in [2.05, 4.69) is 26.2 Å². The molecule has 0 atom stereocenters. The molecular formula is C11H6N4S2. The van der Waals surface area contributed by atoms with Crippen molar-refractivity contribution in [3.05, 3.63) is 30.7 Å². The summed E-state index contributed by atoms with van der Waals surface area (Å²) in [6.07, 6.45) is 5.47. The van der Waals surface area contributed by atoms with Gasteiger partial charge in [0.2, 0.25) is 0 Å². The second-order valence-corrected chi connectivity index (χ2v) is 5.71. The van der Waals surface area contributed by atoms with Gasteiger partial charge in [0.1, 0.15) is 9.84 Å². The number of hydrogen-bond donors (Lipinski definition) is 1. The molecule has 0 fully saturated rings. The monoisotopic (exact) mass is 258 g/mol. The van der Waals surface area contributed by atoms with Crippen LogP contribution in [0.5, 0.6) is 0 Å². The summed E-state index contributed by atoms with van der Waals surface area (Å²) in [7, 11) is 0. The number of thiophene rings is 1. The number of aromatic amines is 1. The molecule has 0 aromatic carbocycles. The van der Waals surface area contributed by atoms with Gasteiger partial charge >= 0.3 is 0 Å². The van der Waals surface area contributed by atoms with Crippen LogP contribution in [0.15, 0.2) is 30.7 Å². The summed E-state index contributed by atoms with van der Waals surface area (Å²) < 4.78 is 1.12. The third kappa shape index (κ3) is 1.38. The van der Waals surface area contributed by atoms with Gasteiger partial charge in [0, 0.05) is 17.8 Å². The number of pyridine rings is 1. The van der Waals surface area contributed by atoms with Crippen molar-refractivity contribution < 1.29 is 0 Å². The fourth-order valence-electron chi connectivity index (χ4n) is 1.74. The Morgan fingerprint density at radius 1 is 1.18 bits per heavy atom. The number of nitrogens with one attached hydrogen (secondary N) is 1. The average Bonchev–Trinajstić information content (AvgIpc) is 3.01. The van der Waals surface area contributed by atoms with Crippen molar-refractivity contribution in [2.45, 2.75) is 0 Å². The van der Waals surface area contributed by atoms with E-state index in [0.29, 0.717) is 0 Å². The molecule has 0 radical (unpaired) electrons. The summed E-state index contributed by atoms with van der Waals surface area (Å²) in [5.74, 6) is 0. The van der Waals surface area contributed by atoms with Gasteiger partial charge in [-0.3, -0.25) is 10.1 Å². The Morgan fingerprint density at radius 3 is 3.06 bits per heavy atom. The number of thiazole rings is 1. The molecule has 0 saturated heterocycles. The summed E-state index contributed by atoms with van der Waals surface area (Å²) in [6.45, 7) is 0. The zero-order valence-electron chi connectivity index (χ0n) is 8.54. The molecule has 0 aliphatic carbocycles. The molecular weight excluding hydrogens is 252 g/mol. The molecule has 0 saturated carbocycles. The largest absolute Gasteiger partial charge is 0.268 e. The van der Waals surface area contributed by atoms with Crippen molar-refractivity contribution in [1.29, 1.82) is 0 Å². The van der Waals surface area contributed by atoms with E-state index >= 15 is 0 Å². The summed E-state index contributed by atoms with van der Waals surface area (Å²) >= 11 is 3.35. The topological polar surface area (TPSA) is 54.5 Å². The minimum absolute atomic E-state index is 1.01. The SMILES string of the molecule is c1cc2nc(-c3cc4cn[nH]c4s3)sc2cn1. The van der Waals surface area contributed by atoms with Crippen molar-refractivity contribution in [1.82, 2.24) is 20.2 Å². The first-order chi connectivity index (χ1) is 8.40.